The third-order valence-electron chi connectivity index (χ3n) is 3.64. The van der Waals surface area contributed by atoms with Gasteiger partial charge in [0.2, 0.25) is 0 Å². The van der Waals surface area contributed by atoms with Crippen LogP contribution in [0.2, 0.25) is 5.02 Å². The number of rotatable bonds is 2. The van der Waals surface area contributed by atoms with Gasteiger partial charge in [-0.05, 0) is 44.3 Å². The van der Waals surface area contributed by atoms with E-state index < -0.39 is 0 Å². The monoisotopic (exact) mass is 277 g/mol. The Labute approximate surface area is 116 Å². The van der Waals surface area contributed by atoms with Crippen molar-refractivity contribution in [2.75, 3.05) is 13.1 Å². The highest BCUT2D eigenvalue weighted by Gasteiger charge is 2.15. The van der Waals surface area contributed by atoms with Gasteiger partial charge in [0.1, 0.15) is 5.65 Å². The number of piperidine rings is 1. The highest BCUT2D eigenvalue weighted by atomic mass is 35.5. The highest BCUT2D eigenvalue weighted by Crippen LogP contribution is 2.17. The van der Waals surface area contributed by atoms with E-state index in [2.05, 4.69) is 10.3 Å². The first-order valence-electron chi connectivity index (χ1n) is 6.61. The Morgan fingerprint density at radius 2 is 2.16 bits per heavy atom. The maximum absolute atomic E-state index is 12.0. The van der Waals surface area contributed by atoms with Crippen LogP contribution in [0.15, 0.2) is 29.2 Å². The molecule has 0 amide bonds. The molecule has 1 N–H and O–H groups in total. The fourth-order valence-electron chi connectivity index (χ4n) is 2.61. The molecule has 100 valence electrons. The molecule has 1 aliphatic heterocycles. The van der Waals surface area contributed by atoms with Crippen molar-refractivity contribution >= 4 is 17.2 Å². The highest BCUT2D eigenvalue weighted by molar-refractivity contribution is 6.30. The molecule has 1 saturated heterocycles. The first kappa shape index (κ1) is 12.6. The van der Waals surface area contributed by atoms with Gasteiger partial charge in [-0.2, -0.15) is 0 Å². The van der Waals surface area contributed by atoms with E-state index in [4.69, 9.17) is 11.6 Å². The second-order valence-electron chi connectivity index (χ2n) is 5.06. The van der Waals surface area contributed by atoms with Gasteiger partial charge in [-0.3, -0.25) is 9.20 Å². The summed E-state index contributed by atoms with van der Waals surface area (Å²) in [4.78, 5) is 16.6. The number of pyridine rings is 1. The van der Waals surface area contributed by atoms with Gasteiger partial charge in [0, 0.05) is 29.0 Å². The second kappa shape index (κ2) is 5.31. The molecular weight excluding hydrogens is 262 g/mol. The average molecular weight is 278 g/mol. The van der Waals surface area contributed by atoms with Crippen LogP contribution in [0.3, 0.4) is 0 Å². The lowest BCUT2D eigenvalue weighted by molar-refractivity contribution is 0.370. The predicted molar refractivity (Wildman–Crippen MR) is 75.8 cm³/mol. The summed E-state index contributed by atoms with van der Waals surface area (Å²) >= 11 is 5.95. The lowest BCUT2D eigenvalue weighted by Crippen LogP contribution is -2.29. The first-order chi connectivity index (χ1) is 9.22. The van der Waals surface area contributed by atoms with Gasteiger partial charge in [0.05, 0.1) is 0 Å². The minimum Gasteiger partial charge on any atom is -0.317 e. The Hall–Kier alpha value is -1.39. The van der Waals surface area contributed by atoms with Crippen molar-refractivity contribution in [3.8, 4) is 0 Å². The van der Waals surface area contributed by atoms with Crippen LogP contribution in [0.1, 0.15) is 18.5 Å². The molecule has 0 saturated carbocycles. The van der Waals surface area contributed by atoms with Crippen molar-refractivity contribution in [3.05, 3.63) is 45.5 Å². The van der Waals surface area contributed by atoms with Gasteiger partial charge in [-0.25, -0.2) is 4.98 Å². The van der Waals surface area contributed by atoms with E-state index in [-0.39, 0.29) is 5.56 Å². The summed E-state index contributed by atoms with van der Waals surface area (Å²) in [7, 11) is 0. The first-order valence-corrected chi connectivity index (χ1v) is 6.99. The number of nitrogens with one attached hydrogen (secondary N) is 1. The van der Waals surface area contributed by atoms with Crippen LogP contribution in [0.25, 0.3) is 5.65 Å². The fraction of sp³-hybridized carbons (Fsp3) is 0.429. The lowest BCUT2D eigenvalue weighted by Gasteiger charge is -2.22. The van der Waals surface area contributed by atoms with Crippen LogP contribution < -0.4 is 10.9 Å². The number of hydrogen-bond donors (Lipinski definition) is 1. The Balaban J connectivity index is 1.93. The molecule has 3 rings (SSSR count). The molecule has 4 nitrogen and oxygen atoms in total. The second-order valence-corrected chi connectivity index (χ2v) is 5.49. The number of aromatic nitrogens is 2. The number of fused-ring (bicyclic) bond motifs is 1. The van der Waals surface area contributed by atoms with E-state index in [0.29, 0.717) is 16.6 Å². The number of halogens is 1. The van der Waals surface area contributed by atoms with E-state index in [9.17, 15) is 4.79 Å². The van der Waals surface area contributed by atoms with E-state index in [0.717, 1.165) is 38.0 Å². The molecule has 0 aromatic carbocycles. The normalized spacial score (nSPS) is 16.9. The van der Waals surface area contributed by atoms with Crippen LogP contribution in [0.5, 0.6) is 0 Å². The maximum atomic E-state index is 12.0. The molecule has 19 heavy (non-hydrogen) atoms. The predicted octanol–water partition coefficient (Wildman–Crippen LogP) is 1.89. The SMILES string of the molecule is O=c1cc(CC2CCNCC2)nc2cc(Cl)ccn12. The topological polar surface area (TPSA) is 46.4 Å². The van der Waals surface area contributed by atoms with Crippen molar-refractivity contribution in [1.29, 1.82) is 0 Å². The van der Waals surface area contributed by atoms with Crippen LogP contribution in [-0.4, -0.2) is 22.5 Å². The third kappa shape index (κ3) is 2.80. The van der Waals surface area contributed by atoms with Gasteiger partial charge in [0.25, 0.3) is 5.56 Å². The van der Waals surface area contributed by atoms with Crippen LogP contribution >= 0.6 is 11.6 Å². The van der Waals surface area contributed by atoms with E-state index in [1.165, 1.54) is 4.40 Å². The Kier molecular flexibility index (Phi) is 3.53. The van der Waals surface area contributed by atoms with Gasteiger partial charge in [-0.1, -0.05) is 11.6 Å². The third-order valence-corrected chi connectivity index (χ3v) is 3.87. The molecule has 1 aliphatic rings. The van der Waals surface area contributed by atoms with Gasteiger partial charge in [-0.15, -0.1) is 0 Å². The quantitative estimate of drug-likeness (QED) is 0.912. The molecule has 2 aromatic rings. The molecule has 5 heteroatoms. The maximum Gasteiger partial charge on any atom is 0.258 e. The van der Waals surface area contributed by atoms with Crippen molar-refractivity contribution in [2.24, 2.45) is 5.92 Å². The molecule has 0 radical (unpaired) electrons. The minimum atomic E-state index is -0.0365. The smallest absolute Gasteiger partial charge is 0.258 e. The molecule has 0 spiro atoms. The molecule has 0 aliphatic carbocycles. The minimum absolute atomic E-state index is 0.0365. The molecule has 1 fully saturated rings. The molecule has 0 unspecified atom stereocenters. The molecule has 2 aromatic heterocycles. The van der Waals surface area contributed by atoms with Crippen molar-refractivity contribution in [1.82, 2.24) is 14.7 Å². The zero-order valence-corrected chi connectivity index (χ0v) is 11.4. The van der Waals surface area contributed by atoms with Gasteiger partial charge in [0.15, 0.2) is 0 Å². The summed E-state index contributed by atoms with van der Waals surface area (Å²) < 4.78 is 1.53. The average Bonchev–Trinajstić information content (AvgIpc) is 2.39. The number of nitrogens with zero attached hydrogens (tertiary/aromatic N) is 2. The van der Waals surface area contributed by atoms with Crippen molar-refractivity contribution < 1.29 is 0 Å². The lowest BCUT2D eigenvalue weighted by atomic mass is 9.93. The zero-order chi connectivity index (χ0) is 13.2. The summed E-state index contributed by atoms with van der Waals surface area (Å²) in [6, 6.07) is 5.07. The summed E-state index contributed by atoms with van der Waals surface area (Å²) in [5.74, 6) is 0.620. The summed E-state index contributed by atoms with van der Waals surface area (Å²) in [6.07, 6.45) is 4.84. The van der Waals surface area contributed by atoms with E-state index >= 15 is 0 Å². The summed E-state index contributed by atoms with van der Waals surface area (Å²) in [5, 5.41) is 3.95. The Morgan fingerprint density at radius 1 is 1.37 bits per heavy atom. The fourth-order valence-corrected chi connectivity index (χ4v) is 2.77. The molecule has 3 heterocycles. The Bertz CT molecular complexity index is 647. The number of hydrogen-bond acceptors (Lipinski definition) is 3. The summed E-state index contributed by atoms with van der Waals surface area (Å²) in [6.45, 7) is 2.12. The molecule has 0 bridgehead atoms. The molecule has 0 atom stereocenters. The standard InChI is InChI=1S/C14H16ClN3O/c15-11-3-6-18-13(8-11)17-12(9-14(18)19)7-10-1-4-16-5-2-10/h3,6,8-10,16H,1-2,4-5,7H2. The molecular formula is C14H16ClN3O. The van der Waals surface area contributed by atoms with Gasteiger partial charge < -0.3 is 5.32 Å². The van der Waals surface area contributed by atoms with Gasteiger partial charge >= 0.3 is 0 Å². The van der Waals surface area contributed by atoms with Crippen LogP contribution in [0.4, 0.5) is 0 Å². The van der Waals surface area contributed by atoms with E-state index in [1.54, 1.807) is 24.4 Å². The van der Waals surface area contributed by atoms with Crippen LogP contribution in [-0.2, 0) is 6.42 Å². The van der Waals surface area contributed by atoms with Crippen LogP contribution in [0, 0.1) is 5.92 Å². The zero-order valence-electron chi connectivity index (χ0n) is 10.6. The largest absolute Gasteiger partial charge is 0.317 e. The van der Waals surface area contributed by atoms with E-state index in [1.807, 2.05) is 0 Å². The summed E-state index contributed by atoms with van der Waals surface area (Å²) in [5.41, 5.74) is 1.47. The Morgan fingerprint density at radius 3 is 2.95 bits per heavy atom. The van der Waals surface area contributed by atoms with Crippen molar-refractivity contribution in [2.45, 2.75) is 19.3 Å². The van der Waals surface area contributed by atoms with Crippen molar-refractivity contribution in [3.63, 3.8) is 0 Å².